The number of hydrogen-bond donors (Lipinski definition) is 4. The third kappa shape index (κ3) is 11.2. The molecule has 2 saturated heterocycles. The highest BCUT2D eigenvalue weighted by Crippen LogP contribution is 2.39. The van der Waals surface area contributed by atoms with Crippen LogP contribution in [0.4, 0.5) is 14.0 Å². The third-order valence-electron chi connectivity index (χ3n) is 13.4. The topological polar surface area (TPSA) is 197 Å². The highest BCUT2D eigenvalue weighted by atomic mass is 32.1. The van der Waals surface area contributed by atoms with Gasteiger partial charge in [-0.15, -0.1) is 11.3 Å². The van der Waals surface area contributed by atoms with Gasteiger partial charge in [0.1, 0.15) is 41.9 Å². The molecular weight excluding hydrogens is 902 g/mol. The number of alkyl carbamates (subject to hydrolysis) is 2. The zero-order valence-corrected chi connectivity index (χ0v) is 40.9. The van der Waals surface area contributed by atoms with Crippen LogP contribution >= 0.6 is 11.3 Å². The van der Waals surface area contributed by atoms with Crippen LogP contribution in [-0.2, 0) is 25.7 Å². The number of nitrogens with zero attached hydrogens (tertiary/aromatic N) is 5. The number of nitrogens with one attached hydrogen (secondary N) is 4. The Morgan fingerprint density at radius 3 is 1.90 bits per heavy atom. The molecule has 0 unspecified atom stereocenters. The van der Waals surface area contributed by atoms with Gasteiger partial charge in [0.2, 0.25) is 11.8 Å². The molecule has 0 spiro atoms. The first kappa shape index (κ1) is 48.9. The van der Waals surface area contributed by atoms with E-state index in [2.05, 4.69) is 25.6 Å². The molecule has 4 N–H and O–H groups in total. The smallest absolute Gasteiger partial charge is 0.407 e. The van der Waals surface area contributed by atoms with Gasteiger partial charge in [-0.05, 0) is 80.2 Å². The Morgan fingerprint density at radius 2 is 1.33 bits per heavy atom. The van der Waals surface area contributed by atoms with Crippen molar-refractivity contribution >= 4 is 47.5 Å². The van der Waals surface area contributed by atoms with Crippen LogP contribution in [0.2, 0.25) is 0 Å². The highest BCUT2D eigenvalue weighted by molar-refractivity contribution is 7.11. The largest absolute Gasteiger partial charge is 0.487 e. The highest BCUT2D eigenvalue weighted by Gasteiger charge is 2.39. The van der Waals surface area contributed by atoms with Crippen molar-refractivity contribution < 1.29 is 37.8 Å². The number of hydrogen-bond acceptors (Lipinski definition) is 11. The summed E-state index contributed by atoms with van der Waals surface area (Å²) < 4.78 is 32.7. The van der Waals surface area contributed by atoms with E-state index in [-0.39, 0.29) is 47.9 Å². The van der Waals surface area contributed by atoms with E-state index in [0.717, 1.165) is 58.8 Å². The predicted octanol–water partition coefficient (Wildman–Crippen LogP) is 9.56. The second-order valence-corrected chi connectivity index (χ2v) is 19.9. The number of carbonyl (C=O) groups excluding carboxylic acids is 4. The van der Waals surface area contributed by atoms with Gasteiger partial charge in [-0.25, -0.2) is 28.9 Å². The summed E-state index contributed by atoms with van der Waals surface area (Å²) in [7, 11) is 2.54. The lowest BCUT2D eigenvalue weighted by Crippen LogP contribution is -2.51. The summed E-state index contributed by atoms with van der Waals surface area (Å²) in [6.45, 7) is 8.76. The standard InChI is InChI=1S/C51H62FN9O7S/c1-29(2)43(58-50(64)66-5)48(62)60-20-10-16-40(60)45-53-26-38(56-45)33-15-9-12-31(22-33)18-19-36-37(52)23-34(24-42(36)68-28-35-25-55-47(69-35)32-13-7-8-14-32)39-27-54-46(57-39)41-17-11-21-61(41)49(63)44(30(3)4)59-51(65)67-6/h9,12,15,18-19,22-27,29-30,32,40-41,43-44H,7-8,10-11,13-14,16-17,20-21,28H2,1-6H3,(H,53,56)(H,54,57)(H,58,64)(H,59,65)/t40-,41-,43-,44-/m0/s1. The molecule has 4 atom stereocenters. The van der Waals surface area contributed by atoms with Crippen LogP contribution in [0.1, 0.15) is 130 Å². The fraction of sp³-hybridized carbons (Fsp3) is 0.471. The summed E-state index contributed by atoms with van der Waals surface area (Å²) in [6, 6.07) is 8.89. The first-order valence-electron chi connectivity index (χ1n) is 23.9. The zero-order chi connectivity index (χ0) is 48.8. The summed E-state index contributed by atoms with van der Waals surface area (Å²) in [4.78, 5) is 77.1. The number of amides is 4. The Morgan fingerprint density at radius 1 is 0.754 bits per heavy atom. The van der Waals surface area contributed by atoms with Crippen molar-refractivity contribution in [3.8, 4) is 28.3 Å². The Kier molecular flexibility index (Phi) is 15.5. The summed E-state index contributed by atoms with van der Waals surface area (Å²) >= 11 is 1.64. The molecule has 3 fully saturated rings. The molecular formula is C51H62FN9O7S. The predicted molar refractivity (Wildman–Crippen MR) is 260 cm³/mol. The van der Waals surface area contributed by atoms with E-state index in [9.17, 15) is 19.2 Å². The van der Waals surface area contributed by atoms with Crippen LogP contribution in [0.3, 0.4) is 0 Å². The third-order valence-corrected chi connectivity index (χ3v) is 14.5. The SMILES string of the molecule is COC(=O)N[C@H](C(=O)N1CCC[C@H]1c1ncc(-c2cccc(C=Cc3c(F)cc(-c4cnc([C@@H]5CCCN5C(=O)[C@@H](NC(=O)OC)C(C)C)[nH]4)cc3OCc3cnc(C4CCCC4)s3)c2)[nH]1)C(C)C. The van der Waals surface area contributed by atoms with Gasteiger partial charge in [0.25, 0.3) is 0 Å². The number of thiazole rings is 1. The number of H-pyrrole nitrogens is 2. The Hall–Kier alpha value is -6.56. The van der Waals surface area contributed by atoms with Crippen LogP contribution in [0.15, 0.2) is 55.0 Å². The number of likely N-dealkylation sites (tertiary alicyclic amines) is 2. The molecule has 5 heterocycles. The van der Waals surface area contributed by atoms with Crippen molar-refractivity contribution in [3.05, 3.63) is 93.5 Å². The van der Waals surface area contributed by atoms with Gasteiger partial charge < -0.3 is 44.6 Å². The van der Waals surface area contributed by atoms with Crippen LogP contribution in [0.5, 0.6) is 5.75 Å². The molecule has 1 saturated carbocycles. The molecule has 0 bridgehead atoms. The van der Waals surface area contributed by atoms with E-state index in [1.165, 1.54) is 33.1 Å². The molecule has 3 aliphatic rings. The minimum Gasteiger partial charge on any atom is -0.487 e. The average molecular weight is 964 g/mol. The normalized spacial score (nSPS) is 18.3. The van der Waals surface area contributed by atoms with Crippen molar-refractivity contribution in [3.63, 3.8) is 0 Å². The fourth-order valence-electron chi connectivity index (χ4n) is 9.61. The van der Waals surface area contributed by atoms with Gasteiger partial charge in [-0.1, -0.05) is 64.8 Å². The number of rotatable bonds is 16. The molecule has 2 aliphatic heterocycles. The lowest BCUT2D eigenvalue weighted by atomic mass is 10.0. The van der Waals surface area contributed by atoms with Crippen LogP contribution in [0, 0.1) is 17.7 Å². The first-order chi connectivity index (χ1) is 33.3. The Bertz CT molecular complexity index is 2650. The maximum atomic E-state index is 16.6. The van der Waals surface area contributed by atoms with Gasteiger partial charge in [-0.3, -0.25) is 9.59 Å². The van der Waals surface area contributed by atoms with Gasteiger partial charge in [-0.2, -0.15) is 0 Å². The lowest BCUT2D eigenvalue weighted by molar-refractivity contribution is -0.136. The number of carbonyl (C=O) groups is 4. The van der Waals surface area contributed by atoms with E-state index in [1.807, 2.05) is 64.2 Å². The molecule has 0 radical (unpaired) electrons. The van der Waals surface area contributed by atoms with Crippen LogP contribution in [-0.4, -0.2) is 98.1 Å². The molecule has 8 rings (SSSR count). The second-order valence-electron chi connectivity index (χ2n) is 18.7. The number of aromatic amines is 2. The molecule has 18 heteroatoms. The molecule has 5 aromatic rings. The maximum Gasteiger partial charge on any atom is 0.407 e. The summed E-state index contributed by atoms with van der Waals surface area (Å²) in [6.07, 6.45) is 15.1. The van der Waals surface area contributed by atoms with E-state index in [1.54, 1.807) is 45.7 Å². The summed E-state index contributed by atoms with van der Waals surface area (Å²) in [5.74, 6) is 0.806. The summed E-state index contributed by atoms with van der Waals surface area (Å²) in [5, 5.41) is 6.49. The van der Waals surface area contributed by atoms with Crippen LogP contribution in [0.25, 0.3) is 34.7 Å². The Labute approximate surface area is 405 Å². The van der Waals surface area contributed by atoms with E-state index >= 15 is 4.39 Å². The van der Waals surface area contributed by atoms with E-state index < -0.39 is 30.1 Å². The molecule has 1 aliphatic carbocycles. The first-order valence-corrected chi connectivity index (χ1v) is 24.7. The van der Waals surface area contributed by atoms with Crippen molar-refractivity contribution in [2.24, 2.45) is 11.8 Å². The maximum absolute atomic E-state index is 16.6. The zero-order valence-electron chi connectivity index (χ0n) is 40.1. The minimum atomic E-state index is -0.773. The van der Waals surface area contributed by atoms with E-state index in [0.29, 0.717) is 54.1 Å². The van der Waals surface area contributed by atoms with Crippen molar-refractivity contribution in [2.75, 3.05) is 27.3 Å². The number of aromatic nitrogens is 5. The molecule has 3 aromatic heterocycles. The van der Waals surface area contributed by atoms with Gasteiger partial charge in [0.15, 0.2) is 0 Å². The Balaban J connectivity index is 1.04. The van der Waals surface area contributed by atoms with Crippen LogP contribution < -0.4 is 15.4 Å². The van der Waals surface area contributed by atoms with Crippen molar-refractivity contribution in [2.45, 2.75) is 116 Å². The number of imidazole rings is 2. The number of ether oxygens (including phenoxy) is 3. The lowest BCUT2D eigenvalue weighted by Gasteiger charge is -2.30. The second kappa shape index (κ2) is 21.8. The molecule has 16 nitrogen and oxygen atoms in total. The van der Waals surface area contributed by atoms with Gasteiger partial charge >= 0.3 is 12.2 Å². The van der Waals surface area contributed by atoms with Crippen molar-refractivity contribution in [1.29, 1.82) is 0 Å². The van der Waals surface area contributed by atoms with Gasteiger partial charge in [0, 0.05) is 36.3 Å². The number of benzene rings is 2. The summed E-state index contributed by atoms with van der Waals surface area (Å²) in [5.41, 5.74) is 3.78. The molecule has 69 heavy (non-hydrogen) atoms. The quantitative estimate of drug-likeness (QED) is 0.0692. The molecule has 366 valence electrons. The number of halogens is 1. The minimum absolute atomic E-state index is 0.149. The van der Waals surface area contributed by atoms with E-state index in [4.69, 9.17) is 24.2 Å². The fourth-order valence-corrected chi connectivity index (χ4v) is 10.6. The number of methoxy groups -OCH3 is 2. The molecule has 2 aromatic carbocycles. The molecule has 4 amide bonds. The van der Waals surface area contributed by atoms with Gasteiger partial charge in [0.05, 0.1) is 65.5 Å². The average Bonchev–Trinajstić information content (AvgIpc) is 4.20. The monoisotopic (exact) mass is 963 g/mol. The van der Waals surface area contributed by atoms with Crippen molar-refractivity contribution in [1.82, 2.24) is 45.4 Å².